The first-order valence-corrected chi connectivity index (χ1v) is 14.7. The molecule has 5 aromatic rings. The van der Waals surface area contributed by atoms with E-state index in [1.54, 1.807) is 29.6 Å². The van der Waals surface area contributed by atoms with Crippen LogP contribution in [-0.4, -0.2) is 40.4 Å². The minimum atomic E-state index is -0.134. The van der Waals surface area contributed by atoms with Gasteiger partial charge in [0.15, 0.2) is 0 Å². The fraction of sp³-hybridized carbons (Fsp3) is 0.171. The van der Waals surface area contributed by atoms with E-state index in [4.69, 9.17) is 21.1 Å². The summed E-state index contributed by atoms with van der Waals surface area (Å²) < 4.78 is 12.1. The number of aromatic amines is 1. The molecule has 1 aromatic heterocycles. The summed E-state index contributed by atoms with van der Waals surface area (Å²) in [6.45, 7) is 1.92. The van der Waals surface area contributed by atoms with Crippen molar-refractivity contribution in [2.75, 3.05) is 24.5 Å². The summed E-state index contributed by atoms with van der Waals surface area (Å²) >= 11 is 6.18. The molecule has 1 fully saturated rings. The van der Waals surface area contributed by atoms with E-state index in [1.165, 1.54) is 0 Å². The average Bonchev–Trinajstić information content (AvgIpc) is 3.59. The Bertz CT molecular complexity index is 1750. The Hall–Kier alpha value is -5.10. The van der Waals surface area contributed by atoms with Gasteiger partial charge in [0, 0.05) is 30.0 Å². The molecule has 1 saturated heterocycles. The van der Waals surface area contributed by atoms with E-state index in [-0.39, 0.29) is 18.5 Å². The molecular formula is C35H30ClN5O3. The lowest BCUT2D eigenvalue weighted by atomic mass is 9.99. The number of carbonyl (C=O) groups is 1. The summed E-state index contributed by atoms with van der Waals surface area (Å²) in [4.78, 5) is 24.7. The summed E-state index contributed by atoms with van der Waals surface area (Å²) in [6.07, 6.45) is 4.02. The minimum Gasteiger partial charge on any atom is -0.489 e. The van der Waals surface area contributed by atoms with Gasteiger partial charge in [0.2, 0.25) is 5.91 Å². The standard InChI is InChI=1S/C35H30ClN5O3/c36-28-7-4-8-29(19-28)41-16-15-40(22-35(41)42)33(32-21-38-24-39-32)17-26-9-10-27(20-37)34(18-26)44-31-13-11-30(12-14-31)43-23-25-5-2-1-3-6-25/h1-14,18-19,21,24,33H,15-17,22-23H2,(H,38,39). The second-order valence-electron chi connectivity index (χ2n) is 10.5. The number of rotatable bonds is 10. The van der Waals surface area contributed by atoms with Crippen LogP contribution in [0.3, 0.4) is 0 Å². The van der Waals surface area contributed by atoms with Gasteiger partial charge in [0.1, 0.15) is 29.9 Å². The third-order valence-corrected chi connectivity index (χ3v) is 7.82. The number of benzene rings is 4. The zero-order valence-corrected chi connectivity index (χ0v) is 24.7. The number of anilines is 1. The van der Waals surface area contributed by atoms with Gasteiger partial charge < -0.3 is 19.4 Å². The largest absolute Gasteiger partial charge is 0.489 e. The van der Waals surface area contributed by atoms with E-state index in [2.05, 4.69) is 20.9 Å². The molecule has 8 nitrogen and oxygen atoms in total. The highest BCUT2D eigenvalue weighted by atomic mass is 35.5. The van der Waals surface area contributed by atoms with Crippen LogP contribution in [0.1, 0.15) is 28.4 Å². The van der Waals surface area contributed by atoms with E-state index < -0.39 is 0 Å². The number of nitrogens with zero attached hydrogens (tertiary/aromatic N) is 4. The second kappa shape index (κ2) is 13.5. The van der Waals surface area contributed by atoms with Gasteiger partial charge in [-0.15, -0.1) is 0 Å². The summed E-state index contributed by atoms with van der Waals surface area (Å²) in [5.74, 6) is 1.79. The number of aromatic nitrogens is 2. The lowest BCUT2D eigenvalue weighted by Gasteiger charge is -2.38. The van der Waals surface area contributed by atoms with Crippen molar-refractivity contribution in [3.8, 4) is 23.3 Å². The van der Waals surface area contributed by atoms with Crippen LogP contribution >= 0.6 is 11.6 Å². The lowest BCUT2D eigenvalue weighted by Crippen LogP contribution is -2.51. The van der Waals surface area contributed by atoms with E-state index in [9.17, 15) is 10.1 Å². The van der Waals surface area contributed by atoms with Crippen molar-refractivity contribution in [1.29, 1.82) is 5.26 Å². The third kappa shape index (κ3) is 6.92. The van der Waals surface area contributed by atoms with Crippen LogP contribution in [-0.2, 0) is 17.8 Å². The van der Waals surface area contributed by atoms with Crippen molar-refractivity contribution in [2.45, 2.75) is 19.1 Å². The summed E-state index contributed by atoms with van der Waals surface area (Å²) in [6, 6.07) is 32.4. The fourth-order valence-electron chi connectivity index (χ4n) is 5.32. The Labute approximate surface area is 261 Å². The molecule has 9 heteroatoms. The highest BCUT2D eigenvalue weighted by molar-refractivity contribution is 6.30. The number of ether oxygens (including phenoxy) is 2. The van der Waals surface area contributed by atoms with Crippen LogP contribution in [0.5, 0.6) is 17.2 Å². The van der Waals surface area contributed by atoms with Gasteiger partial charge in [0.25, 0.3) is 0 Å². The molecule has 0 saturated carbocycles. The molecule has 4 aromatic carbocycles. The van der Waals surface area contributed by atoms with Crippen LogP contribution in [0.15, 0.2) is 110 Å². The number of amides is 1. The molecule has 2 heterocycles. The molecule has 6 rings (SSSR count). The maximum Gasteiger partial charge on any atom is 0.241 e. The number of H-pyrrole nitrogens is 1. The van der Waals surface area contributed by atoms with E-state index in [1.807, 2.05) is 84.9 Å². The van der Waals surface area contributed by atoms with Gasteiger partial charge in [-0.3, -0.25) is 9.69 Å². The van der Waals surface area contributed by atoms with Crippen molar-refractivity contribution in [1.82, 2.24) is 14.9 Å². The number of halogens is 1. The number of carbonyl (C=O) groups excluding carboxylic acids is 1. The molecule has 1 aliphatic rings. The van der Waals surface area contributed by atoms with Crippen molar-refractivity contribution >= 4 is 23.2 Å². The highest BCUT2D eigenvalue weighted by Crippen LogP contribution is 2.32. The molecule has 0 radical (unpaired) electrons. The van der Waals surface area contributed by atoms with E-state index in [0.29, 0.717) is 48.2 Å². The van der Waals surface area contributed by atoms with Gasteiger partial charge in [-0.2, -0.15) is 5.26 Å². The van der Waals surface area contributed by atoms with Crippen LogP contribution < -0.4 is 14.4 Å². The van der Waals surface area contributed by atoms with Gasteiger partial charge in [-0.05, 0) is 72.1 Å². The molecular weight excluding hydrogens is 574 g/mol. The lowest BCUT2D eigenvalue weighted by molar-refractivity contribution is -0.122. The maximum atomic E-state index is 13.3. The zero-order valence-electron chi connectivity index (χ0n) is 23.9. The number of nitrogens with one attached hydrogen (secondary N) is 1. The highest BCUT2D eigenvalue weighted by Gasteiger charge is 2.31. The van der Waals surface area contributed by atoms with Crippen molar-refractivity contribution in [3.05, 3.63) is 137 Å². The number of piperazine rings is 1. The van der Waals surface area contributed by atoms with Crippen LogP contribution in [0, 0.1) is 11.3 Å². The molecule has 1 atom stereocenters. The van der Waals surface area contributed by atoms with Crippen LogP contribution in [0.2, 0.25) is 5.02 Å². The van der Waals surface area contributed by atoms with Gasteiger partial charge >= 0.3 is 0 Å². The molecule has 0 aliphatic carbocycles. The predicted octanol–water partition coefficient (Wildman–Crippen LogP) is 6.94. The molecule has 1 amide bonds. The first-order chi connectivity index (χ1) is 21.6. The summed E-state index contributed by atoms with van der Waals surface area (Å²) in [5.41, 5.74) is 4.19. The minimum absolute atomic E-state index is 0.00285. The van der Waals surface area contributed by atoms with Gasteiger partial charge in [-0.25, -0.2) is 4.98 Å². The Morgan fingerprint density at radius 2 is 1.75 bits per heavy atom. The van der Waals surface area contributed by atoms with E-state index in [0.717, 1.165) is 28.3 Å². The van der Waals surface area contributed by atoms with Gasteiger partial charge in [-0.1, -0.05) is 54.1 Å². The zero-order chi connectivity index (χ0) is 30.3. The first kappa shape index (κ1) is 29.0. The normalized spacial score (nSPS) is 14.2. The second-order valence-corrected chi connectivity index (χ2v) is 10.9. The number of nitriles is 1. The quantitative estimate of drug-likeness (QED) is 0.186. The topological polar surface area (TPSA) is 94.5 Å². The molecule has 0 spiro atoms. The molecule has 1 unspecified atom stereocenters. The molecule has 1 N–H and O–H groups in total. The molecule has 44 heavy (non-hydrogen) atoms. The number of imidazole rings is 1. The Balaban J connectivity index is 1.16. The van der Waals surface area contributed by atoms with Crippen molar-refractivity contribution in [3.63, 3.8) is 0 Å². The van der Waals surface area contributed by atoms with Crippen LogP contribution in [0.4, 0.5) is 5.69 Å². The monoisotopic (exact) mass is 603 g/mol. The SMILES string of the molecule is N#Cc1ccc(CC(c2cnc[nH]2)N2CCN(c3cccc(Cl)c3)C(=O)C2)cc1Oc1ccc(OCc2ccccc2)cc1. The maximum absolute atomic E-state index is 13.3. The van der Waals surface area contributed by atoms with Gasteiger partial charge in [0.05, 0.1) is 30.2 Å². The smallest absolute Gasteiger partial charge is 0.241 e. The predicted molar refractivity (Wildman–Crippen MR) is 169 cm³/mol. The Morgan fingerprint density at radius 3 is 2.48 bits per heavy atom. The summed E-state index contributed by atoms with van der Waals surface area (Å²) in [5, 5.41) is 10.4. The van der Waals surface area contributed by atoms with E-state index >= 15 is 0 Å². The average molecular weight is 604 g/mol. The van der Waals surface area contributed by atoms with Crippen LogP contribution in [0.25, 0.3) is 0 Å². The molecule has 220 valence electrons. The third-order valence-electron chi connectivity index (χ3n) is 7.58. The van der Waals surface area contributed by atoms with Crippen molar-refractivity contribution in [2.24, 2.45) is 0 Å². The summed E-state index contributed by atoms with van der Waals surface area (Å²) in [7, 11) is 0. The van der Waals surface area contributed by atoms with Crippen molar-refractivity contribution < 1.29 is 14.3 Å². The molecule has 1 aliphatic heterocycles. The fourth-order valence-corrected chi connectivity index (χ4v) is 5.51. The Kier molecular flexibility index (Phi) is 8.87. The Morgan fingerprint density at radius 1 is 0.932 bits per heavy atom. The first-order valence-electron chi connectivity index (χ1n) is 14.3. The molecule has 0 bridgehead atoms. The number of hydrogen-bond donors (Lipinski definition) is 1. The number of hydrogen-bond acceptors (Lipinski definition) is 6.